The molecule has 1 aromatic carbocycles. The van der Waals surface area contributed by atoms with Crippen molar-refractivity contribution in [2.75, 3.05) is 36.8 Å². The second-order valence-corrected chi connectivity index (χ2v) is 6.02. The van der Waals surface area contributed by atoms with Crippen molar-refractivity contribution in [2.45, 2.75) is 38.6 Å². The number of benzene rings is 1. The summed E-state index contributed by atoms with van der Waals surface area (Å²) in [5.74, 6) is 0. The molecule has 1 aromatic rings. The van der Waals surface area contributed by atoms with Crippen LogP contribution in [-0.4, -0.2) is 37.1 Å². The van der Waals surface area contributed by atoms with E-state index in [2.05, 4.69) is 34.9 Å². The number of anilines is 2. The highest BCUT2D eigenvalue weighted by atomic mass is 15.3. The molecule has 3 nitrogen and oxygen atoms in total. The lowest BCUT2D eigenvalue weighted by Crippen LogP contribution is -2.49. The van der Waals surface area contributed by atoms with E-state index in [9.17, 15) is 0 Å². The van der Waals surface area contributed by atoms with Gasteiger partial charge in [-0.2, -0.15) is 0 Å². The fraction of sp³-hybridized carbons (Fsp3) is 0.625. The molecule has 1 aliphatic heterocycles. The van der Waals surface area contributed by atoms with Gasteiger partial charge in [-0.3, -0.25) is 4.90 Å². The molecule has 0 unspecified atom stereocenters. The molecule has 1 aliphatic carbocycles. The third-order valence-electron chi connectivity index (χ3n) is 4.68. The van der Waals surface area contributed by atoms with Crippen LogP contribution in [0.3, 0.4) is 0 Å². The molecule has 1 heterocycles. The normalized spacial score (nSPS) is 22.1. The largest absolute Gasteiger partial charge is 0.397 e. The molecule has 0 radical (unpaired) electrons. The van der Waals surface area contributed by atoms with E-state index >= 15 is 0 Å². The quantitative estimate of drug-likeness (QED) is 0.829. The van der Waals surface area contributed by atoms with E-state index < -0.39 is 0 Å². The lowest BCUT2D eigenvalue weighted by atomic mass is 10.1. The van der Waals surface area contributed by atoms with Crippen LogP contribution in [0, 0.1) is 6.92 Å². The van der Waals surface area contributed by atoms with Crippen molar-refractivity contribution in [1.29, 1.82) is 0 Å². The molecule has 1 saturated heterocycles. The van der Waals surface area contributed by atoms with Crippen molar-refractivity contribution < 1.29 is 0 Å². The standard InChI is InChI=1S/C16H25N3/c1-13-6-7-16(15(17)12-13)19-10-8-18(9-11-19)14-4-2-3-5-14/h6-7,12,14H,2-5,8-11,17H2,1H3. The first-order valence-corrected chi connectivity index (χ1v) is 7.59. The monoisotopic (exact) mass is 259 g/mol. The maximum absolute atomic E-state index is 6.15. The van der Waals surface area contributed by atoms with E-state index in [1.165, 1.54) is 50.0 Å². The average Bonchev–Trinajstić information content (AvgIpc) is 2.93. The average molecular weight is 259 g/mol. The van der Waals surface area contributed by atoms with E-state index in [0.717, 1.165) is 24.8 Å². The zero-order valence-electron chi connectivity index (χ0n) is 11.9. The van der Waals surface area contributed by atoms with Crippen molar-refractivity contribution >= 4 is 11.4 Å². The highest BCUT2D eigenvalue weighted by Gasteiger charge is 2.26. The minimum atomic E-state index is 0.859. The Labute approximate surface area is 116 Å². The minimum Gasteiger partial charge on any atom is -0.397 e. The van der Waals surface area contributed by atoms with Gasteiger partial charge in [0, 0.05) is 32.2 Å². The number of piperazine rings is 1. The van der Waals surface area contributed by atoms with Gasteiger partial charge in [-0.1, -0.05) is 18.9 Å². The summed E-state index contributed by atoms with van der Waals surface area (Å²) in [5.41, 5.74) is 9.54. The second-order valence-electron chi connectivity index (χ2n) is 6.02. The molecule has 0 bridgehead atoms. The van der Waals surface area contributed by atoms with Gasteiger partial charge >= 0.3 is 0 Å². The fourth-order valence-electron chi connectivity index (χ4n) is 3.56. The van der Waals surface area contributed by atoms with Crippen LogP contribution in [0.25, 0.3) is 0 Å². The van der Waals surface area contributed by atoms with Gasteiger partial charge in [0.1, 0.15) is 0 Å². The van der Waals surface area contributed by atoms with Crippen LogP contribution in [-0.2, 0) is 0 Å². The lowest BCUT2D eigenvalue weighted by Gasteiger charge is -2.39. The third kappa shape index (κ3) is 2.71. The molecular formula is C16H25N3. The molecule has 2 N–H and O–H groups in total. The summed E-state index contributed by atoms with van der Waals surface area (Å²) in [4.78, 5) is 5.13. The molecule has 3 heteroatoms. The van der Waals surface area contributed by atoms with Crippen LogP contribution in [0.5, 0.6) is 0 Å². The molecular weight excluding hydrogens is 234 g/mol. The number of nitrogen functional groups attached to an aromatic ring is 1. The van der Waals surface area contributed by atoms with E-state index in [-0.39, 0.29) is 0 Å². The first-order valence-electron chi connectivity index (χ1n) is 7.59. The Morgan fingerprint density at radius 2 is 1.74 bits per heavy atom. The van der Waals surface area contributed by atoms with Crippen molar-refractivity contribution in [3.63, 3.8) is 0 Å². The Bertz CT molecular complexity index is 430. The van der Waals surface area contributed by atoms with Crippen molar-refractivity contribution in [3.05, 3.63) is 23.8 Å². The van der Waals surface area contributed by atoms with Gasteiger partial charge in [0.15, 0.2) is 0 Å². The molecule has 3 rings (SSSR count). The zero-order valence-corrected chi connectivity index (χ0v) is 11.9. The number of aryl methyl sites for hydroxylation is 1. The van der Waals surface area contributed by atoms with Gasteiger partial charge < -0.3 is 10.6 Å². The van der Waals surface area contributed by atoms with Crippen LogP contribution in [0.1, 0.15) is 31.2 Å². The maximum Gasteiger partial charge on any atom is 0.0601 e. The van der Waals surface area contributed by atoms with Crippen LogP contribution in [0.2, 0.25) is 0 Å². The summed E-state index contributed by atoms with van der Waals surface area (Å²) < 4.78 is 0. The first kappa shape index (κ1) is 12.8. The summed E-state index contributed by atoms with van der Waals surface area (Å²) in [6.45, 7) is 6.71. The van der Waals surface area contributed by atoms with Crippen molar-refractivity contribution in [3.8, 4) is 0 Å². The van der Waals surface area contributed by atoms with Crippen LogP contribution in [0.4, 0.5) is 11.4 Å². The number of rotatable bonds is 2. The van der Waals surface area contributed by atoms with Gasteiger partial charge in [-0.25, -0.2) is 0 Å². The van der Waals surface area contributed by atoms with Crippen LogP contribution < -0.4 is 10.6 Å². The molecule has 2 aliphatic rings. The van der Waals surface area contributed by atoms with Gasteiger partial charge in [-0.15, -0.1) is 0 Å². The smallest absolute Gasteiger partial charge is 0.0601 e. The van der Waals surface area contributed by atoms with E-state index in [1.807, 2.05) is 0 Å². The van der Waals surface area contributed by atoms with Crippen LogP contribution in [0.15, 0.2) is 18.2 Å². The van der Waals surface area contributed by atoms with Crippen LogP contribution >= 0.6 is 0 Å². The maximum atomic E-state index is 6.15. The summed E-state index contributed by atoms with van der Waals surface area (Å²) in [6.07, 6.45) is 5.67. The number of hydrogen-bond donors (Lipinski definition) is 1. The summed E-state index contributed by atoms with van der Waals surface area (Å²) in [7, 11) is 0. The molecule has 0 atom stereocenters. The molecule has 2 fully saturated rings. The number of nitrogens with two attached hydrogens (primary N) is 1. The predicted molar refractivity (Wildman–Crippen MR) is 81.6 cm³/mol. The summed E-state index contributed by atoms with van der Waals surface area (Å²) in [6, 6.07) is 7.28. The predicted octanol–water partition coefficient (Wildman–Crippen LogP) is 2.64. The van der Waals surface area contributed by atoms with Gasteiger partial charge in [-0.05, 0) is 37.5 Å². The van der Waals surface area contributed by atoms with Gasteiger partial charge in [0.25, 0.3) is 0 Å². The van der Waals surface area contributed by atoms with E-state index in [1.54, 1.807) is 0 Å². The molecule has 0 spiro atoms. The number of hydrogen-bond acceptors (Lipinski definition) is 3. The van der Waals surface area contributed by atoms with E-state index in [4.69, 9.17) is 5.73 Å². The molecule has 1 saturated carbocycles. The molecule has 19 heavy (non-hydrogen) atoms. The lowest BCUT2D eigenvalue weighted by molar-refractivity contribution is 0.187. The SMILES string of the molecule is Cc1ccc(N2CCN(C3CCCC3)CC2)c(N)c1. The Hall–Kier alpha value is -1.22. The van der Waals surface area contributed by atoms with Crippen molar-refractivity contribution in [1.82, 2.24) is 4.90 Å². The molecule has 0 aromatic heterocycles. The topological polar surface area (TPSA) is 32.5 Å². The van der Waals surface area contributed by atoms with Crippen molar-refractivity contribution in [2.24, 2.45) is 0 Å². The zero-order chi connectivity index (χ0) is 13.2. The Balaban J connectivity index is 1.63. The summed E-state index contributed by atoms with van der Waals surface area (Å²) in [5, 5.41) is 0. The Morgan fingerprint density at radius 1 is 1.05 bits per heavy atom. The third-order valence-corrected chi connectivity index (χ3v) is 4.68. The molecule has 0 amide bonds. The fourth-order valence-corrected chi connectivity index (χ4v) is 3.56. The highest BCUT2D eigenvalue weighted by molar-refractivity contribution is 5.68. The van der Waals surface area contributed by atoms with Gasteiger partial charge in [0.2, 0.25) is 0 Å². The second kappa shape index (κ2) is 5.41. The van der Waals surface area contributed by atoms with Gasteiger partial charge in [0.05, 0.1) is 11.4 Å². The highest BCUT2D eigenvalue weighted by Crippen LogP contribution is 2.28. The van der Waals surface area contributed by atoms with E-state index in [0.29, 0.717) is 0 Å². The minimum absolute atomic E-state index is 0.859. The Morgan fingerprint density at radius 3 is 2.37 bits per heavy atom. The number of nitrogens with zero attached hydrogens (tertiary/aromatic N) is 2. The summed E-state index contributed by atoms with van der Waals surface area (Å²) >= 11 is 0. The Kier molecular flexibility index (Phi) is 3.65. The first-order chi connectivity index (χ1) is 9.24. The molecule has 104 valence electrons.